The van der Waals surface area contributed by atoms with E-state index < -0.39 is 0 Å². The van der Waals surface area contributed by atoms with E-state index >= 15 is 0 Å². The van der Waals surface area contributed by atoms with Crippen molar-refractivity contribution in [3.63, 3.8) is 0 Å². The summed E-state index contributed by atoms with van der Waals surface area (Å²) in [6, 6.07) is 16.6. The summed E-state index contributed by atoms with van der Waals surface area (Å²) in [5.74, 6) is -0.0264. The van der Waals surface area contributed by atoms with Crippen molar-refractivity contribution in [1.29, 1.82) is 5.26 Å². The molecule has 0 aliphatic heterocycles. The molecule has 1 aromatic heterocycles. The van der Waals surface area contributed by atoms with Gasteiger partial charge in [0.25, 0.3) is 5.91 Å². The zero-order valence-corrected chi connectivity index (χ0v) is 16.3. The molecule has 0 saturated heterocycles. The zero-order valence-electron chi connectivity index (χ0n) is 16.3. The quantitative estimate of drug-likeness (QED) is 0.714. The van der Waals surface area contributed by atoms with Crippen molar-refractivity contribution in [2.45, 2.75) is 38.6 Å². The third-order valence-electron chi connectivity index (χ3n) is 5.67. The SMILES string of the molecule is Cc1c(-c2ccccc2)oc2c(C(=O)NC3CCCCC3C#N)cccc2c1=O. The smallest absolute Gasteiger partial charge is 0.255 e. The number of fused-ring (bicyclic) bond motifs is 1. The Bertz CT molecular complexity index is 1160. The van der Waals surface area contributed by atoms with Crippen molar-refractivity contribution in [3.8, 4) is 17.4 Å². The lowest BCUT2D eigenvalue weighted by Crippen LogP contribution is -2.41. The number of hydrogen-bond acceptors (Lipinski definition) is 4. The largest absolute Gasteiger partial charge is 0.455 e. The zero-order chi connectivity index (χ0) is 20.4. The molecule has 1 aliphatic rings. The highest BCUT2D eigenvalue weighted by Crippen LogP contribution is 2.28. The topological polar surface area (TPSA) is 83.1 Å². The van der Waals surface area contributed by atoms with Gasteiger partial charge in [-0.3, -0.25) is 9.59 Å². The monoisotopic (exact) mass is 386 g/mol. The number of para-hydroxylation sites is 1. The summed E-state index contributed by atoms with van der Waals surface area (Å²) in [7, 11) is 0. The van der Waals surface area contributed by atoms with Crippen LogP contribution in [0.1, 0.15) is 41.6 Å². The van der Waals surface area contributed by atoms with Crippen LogP contribution in [-0.4, -0.2) is 11.9 Å². The summed E-state index contributed by atoms with van der Waals surface area (Å²) in [6.07, 6.45) is 3.58. The predicted octanol–water partition coefficient (Wildman–Crippen LogP) is 4.58. The van der Waals surface area contributed by atoms with Crippen LogP contribution in [0.4, 0.5) is 0 Å². The van der Waals surface area contributed by atoms with Crippen LogP contribution in [0.5, 0.6) is 0 Å². The summed E-state index contributed by atoms with van der Waals surface area (Å²) in [5.41, 5.74) is 1.75. The Labute approximate surface area is 169 Å². The molecular weight excluding hydrogens is 364 g/mol. The Balaban J connectivity index is 1.79. The van der Waals surface area contributed by atoms with Crippen molar-refractivity contribution >= 4 is 16.9 Å². The minimum Gasteiger partial charge on any atom is -0.455 e. The maximum atomic E-state index is 13.0. The molecule has 1 aliphatic carbocycles. The summed E-state index contributed by atoms with van der Waals surface area (Å²) >= 11 is 0. The van der Waals surface area contributed by atoms with Gasteiger partial charge in [-0.1, -0.05) is 49.2 Å². The van der Waals surface area contributed by atoms with E-state index in [0.29, 0.717) is 22.3 Å². The van der Waals surface area contributed by atoms with Crippen LogP contribution in [0.2, 0.25) is 0 Å². The minimum absolute atomic E-state index is 0.146. The van der Waals surface area contributed by atoms with Crippen molar-refractivity contribution in [3.05, 3.63) is 69.9 Å². The Hall–Kier alpha value is -3.39. The summed E-state index contributed by atoms with van der Waals surface area (Å²) in [6.45, 7) is 1.74. The second kappa shape index (κ2) is 7.92. The van der Waals surface area contributed by atoms with Crippen molar-refractivity contribution in [2.24, 2.45) is 5.92 Å². The first kappa shape index (κ1) is 18.9. The number of amides is 1. The van der Waals surface area contributed by atoms with Gasteiger partial charge < -0.3 is 9.73 Å². The normalized spacial score (nSPS) is 18.9. The van der Waals surface area contributed by atoms with Gasteiger partial charge in [0.15, 0.2) is 11.0 Å². The molecule has 2 unspecified atom stereocenters. The molecule has 0 spiro atoms. The number of hydrogen-bond donors (Lipinski definition) is 1. The first-order valence-electron chi connectivity index (χ1n) is 9.92. The molecule has 1 saturated carbocycles. The van der Waals surface area contributed by atoms with Crippen LogP contribution in [0.3, 0.4) is 0 Å². The number of nitrogens with one attached hydrogen (secondary N) is 1. The van der Waals surface area contributed by atoms with Gasteiger partial charge in [-0.15, -0.1) is 0 Å². The van der Waals surface area contributed by atoms with E-state index in [1.54, 1.807) is 25.1 Å². The van der Waals surface area contributed by atoms with Crippen LogP contribution in [0.15, 0.2) is 57.7 Å². The molecule has 3 aromatic rings. The molecule has 146 valence electrons. The third kappa shape index (κ3) is 3.54. The third-order valence-corrected chi connectivity index (χ3v) is 5.67. The second-order valence-corrected chi connectivity index (χ2v) is 7.53. The van der Waals surface area contributed by atoms with Gasteiger partial charge >= 0.3 is 0 Å². The number of carbonyl (C=O) groups is 1. The van der Waals surface area contributed by atoms with Gasteiger partial charge in [-0.25, -0.2) is 0 Å². The van der Waals surface area contributed by atoms with Crippen LogP contribution in [0, 0.1) is 24.2 Å². The summed E-state index contributed by atoms with van der Waals surface area (Å²) in [4.78, 5) is 26.0. The highest BCUT2D eigenvalue weighted by molar-refractivity contribution is 6.05. The Morgan fingerprint density at radius 1 is 1.10 bits per heavy atom. The molecular formula is C24H22N2O3. The van der Waals surface area contributed by atoms with E-state index in [-0.39, 0.29) is 28.9 Å². The number of nitrogens with zero attached hydrogens (tertiary/aromatic N) is 1. The molecule has 1 heterocycles. The van der Waals surface area contributed by atoms with E-state index in [1.807, 2.05) is 30.3 Å². The Kier molecular flexibility index (Phi) is 5.18. The first-order chi connectivity index (χ1) is 14.1. The number of carbonyl (C=O) groups excluding carboxylic acids is 1. The first-order valence-corrected chi connectivity index (χ1v) is 9.92. The molecule has 0 radical (unpaired) electrons. The average molecular weight is 386 g/mol. The maximum Gasteiger partial charge on any atom is 0.255 e. The molecule has 1 N–H and O–H groups in total. The fourth-order valence-corrected chi connectivity index (χ4v) is 4.06. The molecule has 5 heteroatoms. The minimum atomic E-state index is -0.311. The molecule has 29 heavy (non-hydrogen) atoms. The van der Waals surface area contributed by atoms with Crippen LogP contribution < -0.4 is 10.7 Å². The van der Waals surface area contributed by atoms with E-state index in [2.05, 4.69) is 11.4 Å². The standard InChI is InChI=1S/C24H22N2O3/c1-15-21(27)18-11-7-12-19(23(18)29-22(15)16-8-3-2-4-9-16)24(28)26-20-13-6-5-10-17(20)14-25/h2-4,7-9,11-12,17,20H,5-6,10,13H2,1H3,(H,26,28). The lowest BCUT2D eigenvalue weighted by atomic mass is 9.85. The molecule has 1 fully saturated rings. The predicted molar refractivity (Wildman–Crippen MR) is 111 cm³/mol. The van der Waals surface area contributed by atoms with Crippen molar-refractivity contribution < 1.29 is 9.21 Å². The molecule has 2 atom stereocenters. The Morgan fingerprint density at radius 2 is 1.86 bits per heavy atom. The van der Waals surface area contributed by atoms with E-state index in [0.717, 1.165) is 31.2 Å². The Morgan fingerprint density at radius 3 is 2.62 bits per heavy atom. The lowest BCUT2D eigenvalue weighted by molar-refractivity contribution is 0.0918. The number of nitriles is 1. The molecule has 4 rings (SSSR count). The fourth-order valence-electron chi connectivity index (χ4n) is 4.06. The van der Waals surface area contributed by atoms with Gasteiger partial charge in [0, 0.05) is 17.2 Å². The van der Waals surface area contributed by atoms with Gasteiger partial charge in [-0.05, 0) is 31.9 Å². The molecule has 5 nitrogen and oxygen atoms in total. The summed E-state index contributed by atoms with van der Waals surface area (Å²) in [5, 5.41) is 12.8. The van der Waals surface area contributed by atoms with Crippen molar-refractivity contribution in [1.82, 2.24) is 5.32 Å². The number of rotatable bonds is 3. The summed E-state index contributed by atoms with van der Waals surface area (Å²) < 4.78 is 6.13. The van der Waals surface area contributed by atoms with Gasteiger partial charge in [0.1, 0.15) is 5.76 Å². The highest BCUT2D eigenvalue weighted by Gasteiger charge is 2.27. The molecule has 2 aromatic carbocycles. The highest BCUT2D eigenvalue weighted by atomic mass is 16.3. The maximum absolute atomic E-state index is 13.0. The van der Waals surface area contributed by atoms with Gasteiger partial charge in [-0.2, -0.15) is 5.26 Å². The second-order valence-electron chi connectivity index (χ2n) is 7.53. The van der Waals surface area contributed by atoms with E-state index in [1.165, 1.54) is 0 Å². The van der Waals surface area contributed by atoms with Crippen LogP contribution in [-0.2, 0) is 0 Å². The van der Waals surface area contributed by atoms with E-state index in [4.69, 9.17) is 4.42 Å². The van der Waals surface area contributed by atoms with Crippen molar-refractivity contribution in [2.75, 3.05) is 0 Å². The number of benzene rings is 2. The van der Waals surface area contributed by atoms with Crippen LogP contribution in [0.25, 0.3) is 22.3 Å². The fraction of sp³-hybridized carbons (Fsp3) is 0.292. The van der Waals surface area contributed by atoms with Gasteiger partial charge in [0.2, 0.25) is 0 Å². The van der Waals surface area contributed by atoms with E-state index in [9.17, 15) is 14.9 Å². The lowest BCUT2D eigenvalue weighted by Gasteiger charge is -2.27. The molecule has 1 amide bonds. The van der Waals surface area contributed by atoms with Gasteiger partial charge in [0.05, 0.1) is 22.9 Å². The molecule has 0 bridgehead atoms. The average Bonchev–Trinajstić information content (AvgIpc) is 2.76. The van der Waals surface area contributed by atoms with Crippen LogP contribution >= 0.6 is 0 Å².